The van der Waals surface area contributed by atoms with Crippen LogP contribution in [0.3, 0.4) is 0 Å². The number of nitrogens with one attached hydrogen (secondary N) is 1. The van der Waals surface area contributed by atoms with Crippen molar-refractivity contribution in [3.8, 4) is 0 Å². The number of H-pyrrole nitrogens is 1. The van der Waals surface area contributed by atoms with Crippen LogP contribution in [0.4, 0.5) is 0 Å². The molecule has 0 aliphatic heterocycles. The summed E-state index contributed by atoms with van der Waals surface area (Å²) in [5.41, 5.74) is 5.97. The van der Waals surface area contributed by atoms with Crippen molar-refractivity contribution in [1.29, 1.82) is 0 Å². The maximum absolute atomic E-state index is 13.4. The fourth-order valence-corrected chi connectivity index (χ4v) is 4.51. The third-order valence-corrected chi connectivity index (χ3v) is 6.30. The molecule has 1 atom stereocenters. The summed E-state index contributed by atoms with van der Waals surface area (Å²) in [6.07, 6.45) is 9.14. The molecular weight excluding hydrogens is 358 g/mol. The zero-order valence-electron chi connectivity index (χ0n) is 16.7. The van der Waals surface area contributed by atoms with Crippen LogP contribution in [0.15, 0.2) is 60.8 Å². The van der Waals surface area contributed by atoms with Crippen LogP contribution in [0.5, 0.6) is 0 Å². The second-order valence-corrected chi connectivity index (χ2v) is 8.40. The molecule has 2 aliphatic rings. The number of hydrogen-bond acceptors (Lipinski definition) is 2. The largest absolute Gasteiger partial charge is 0.332 e. The normalized spacial score (nSPS) is 18.3. The molecule has 2 aliphatic carbocycles. The average molecular weight is 386 g/mol. The number of rotatable bonds is 6. The van der Waals surface area contributed by atoms with E-state index < -0.39 is 0 Å². The Labute approximate surface area is 172 Å². The molecule has 4 heteroatoms. The predicted molar refractivity (Wildman–Crippen MR) is 114 cm³/mol. The molecule has 1 unspecified atom stereocenters. The topological polar surface area (TPSA) is 49.0 Å². The van der Waals surface area contributed by atoms with Crippen LogP contribution < -0.4 is 0 Å². The van der Waals surface area contributed by atoms with Crippen LogP contribution in [-0.2, 0) is 25.7 Å². The lowest BCUT2D eigenvalue weighted by atomic mass is 9.91. The summed E-state index contributed by atoms with van der Waals surface area (Å²) in [7, 11) is 0. The highest BCUT2D eigenvalue weighted by Gasteiger charge is 2.39. The summed E-state index contributed by atoms with van der Waals surface area (Å²) in [5.74, 6) is 0.194. The standard InChI is InChI=1S/C25H27N3O/c29-25(20-10-8-19(9-11-20)7-6-18-4-2-1-3-5-18)28(22-12-13-22)23-14-15-24-21(16-23)17-26-27-24/h1-5,8-11,17,22-23H,6-7,12-16H2,(H,26,27). The number of aromatic amines is 1. The first-order valence-corrected chi connectivity index (χ1v) is 10.7. The quantitative estimate of drug-likeness (QED) is 0.685. The molecule has 0 spiro atoms. The minimum Gasteiger partial charge on any atom is -0.332 e. The molecule has 0 saturated heterocycles. The smallest absolute Gasteiger partial charge is 0.254 e. The van der Waals surface area contributed by atoms with Gasteiger partial charge in [-0.1, -0.05) is 42.5 Å². The zero-order valence-corrected chi connectivity index (χ0v) is 16.7. The third-order valence-electron chi connectivity index (χ3n) is 6.30. The Kier molecular flexibility index (Phi) is 4.92. The van der Waals surface area contributed by atoms with Crippen LogP contribution in [-0.4, -0.2) is 33.1 Å². The molecule has 5 rings (SSSR count). The van der Waals surface area contributed by atoms with E-state index in [0.717, 1.165) is 50.5 Å². The van der Waals surface area contributed by atoms with Gasteiger partial charge >= 0.3 is 0 Å². The SMILES string of the molecule is O=C(c1ccc(CCc2ccccc2)cc1)N(C1CC1)C1CCc2[nH]ncc2C1. The minimum atomic E-state index is 0.194. The Hall–Kier alpha value is -2.88. The van der Waals surface area contributed by atoms with Crippen molar-refractivity contribution in [2.24, 2.45) is 0 Å². The highest BCUT2D eigenvalue weighted by atomic mass is 16.2. The maximum atomic E-state index is 13.4. The van der Waals surface area contributed by atoms with Crippen molar-refractivity contribution in [3.05, 3.63) is 88.7 Å². The van der Waals surface area contributed by atoms with Crippen LogP contribution in [0.1, 0.15) is 52.0 Å². The van der Waals surface area contributed by atoms with Gasteiger partial charge in [0.1, 0.15) is 0 Å². The van der Waals surface area contributed by atoms with Crippen molar-refractivity contribution in [3.63, 3.8) is 0 Å². The summed E-state index contributed by atoms with van der Waals surface area (Å²) in [4.78, 5) is 15.5. The number of aryl methyl sites for hydroxylation is 3. The number of carbonyl (C=O) groups excluding carboxylic acids is 1. The average Bonchev–Trinajstić information content (AvgIpc) is 3.49. The monoisotopic (exact) mass is 385 g/mol. The van der Waals surface area contributed by atoms with Gasteiger partial charge in [0.2, 0.25) is 0 Å². The lowest BCUT2D eigenvalue weighted by Gasteiger charge is -2.34. The molecule has 1 N–H and O–H groups in total. The molecule has 0 radical (unpaired) electrons. The second kappa shape index (κ2) is 7.86. The molecular formula is C25H27N3O. The fraction of sp³-hybridized carbons (Fsp3) is 0.360. The van der Waals surface area contributed by atoms with Crippen molar-refractivity contribution in [1.82, 2.24) is 15.1 Å². The van der Waals surface area contributed by atoms with E-state index >= 15 is 0 Å². The van der Waals surface area contributed by atoms with Gasteiger partial charge in [0.05, 0.1) is 6.20 Å². The van der Waals surface area contributed by atoms with E-state index in [4.69, 9.17) is 0 Å². The molecule has 1 aromatic heterocycles. The van der Waals surface area contributed by atoms with Gasteiger partial charge in [0, 0.05) is 23.3 Å². The van der Waals surface area contributed by atoms with E-state index in [1.54, 1.807) is 0 Å². The first kappa shape index (κ1) is 18.2. The van der Waals surface area contributed by atoms with Crippen LogP contribution in [0, 0.1) is 0 Å². The lowest BCUT2D eigenvalue weighted by molar-refractivity contribution is 0.0643. The van der Waals surface area contributed by atoms with Crippen LogP contribution in [0.2, 0.25) is 0 Å². The van der Waals surface area contributed by atoms with Gasteiger partial charge < -0.3 is 4.90 Å². The molecule has 1 amide bonds. The number of nitrogens with zero attached hydrogens (tertiary/aromatic N) is 2. The molecule has 1 saturated carbocycles. The van der Waals surface area contributed by atoms with E-state index in [2.05, 4.69) is 57.6 Å². The van der Waals surface area contributed by atoms with E-state index in [9.17, 15) is 4.79 Å². The molecule has 0 bridgehead atoms. The third kappa shape index (κ3) is 3.98. The molecule has 2 aromatic carbocycles. The first-order valence-electron chi connectivity index (χ1n) is 10.7. The minimum absolute atomic E-state index is 0.194. The number of fused-ring (bicyclic) bond motifs is 1. The van der Waals surface area contributed by atoms with Crippen LogP contribution >= 0.6 is 0 Å². The van der Waals surface area contributed by atoms with Crippen molar-refractivity contribution >= 4 is 5.91 Å². The molecule has 1 heterocycles. The Morgan fingerprint density at radius 2 is 1.66 bits per heavy atom. The van der Waals surface area contributed by atoms with Gasteiger partial charge in [-0.15, -0.1) is 0 Å². The van der Waals surface area contributed by atoms with E-state index in [1.165, 1.54) is 22.4 Å². The van der Waals surface area contributed by atoms with Gasteiger partial charge in [-0.25, -0.2) is 0 Å². The van der Waals surface area contributed by atoms with Gasteiger partial charge in [0.25, 0.3) is 5.91 Å². The molecule has 3 aromatic rings. The van der Waals surface area contributed by atoms with Gasteiger partial charge in [-0.2, -0.15) is 5.10 Å². The zero-order chi connectivity index (χ0) is 19.6. The van der Waals surface area contributed by atoms with E-state index in [0.29, 0.717) is 6.04 Å². The lowest BCUT2D eigenvalue weighted by Crippen LogP contribution is -2.44. The van der Waals surface area contributed by atoms with Crippen LogP contribution in [0.25, 0.3) is 0 Å². The summed E-state index contributed by atoms with van der Waals surface area (Å²) >= 11 is 0. The maximum Gasteiger partial charge on any atom is 0.254 e. The molecule has 4 nitrogen and oxygen atoms in total. The number of amides is 1. The van der Waals surface area contributed by atoms with Gasteiger partial charge in [-0.05, 0) is 73.8 Å². The van der Waals surface area contributed by atoms with Crippen molar-refractivity contribution in [2.75, 3.05) is 0 Å². The van der Waals surface area contributed by atoms with E-state index in [-0.39, 0.29) is 11.9 Å². The Bertz CT molecular complexity index is 973. The second-order valence-electron chi connectivity index (χ2n) is 8.40. The molecule has 148 valence electrons. The van der Waals surface area contributed by atoms with Crippen molar-refractivity contribution in [2.45, 2.75) is 57.0 Å². The van der Waals surface area contributed by atoms with Gasteiger partial charge in [-0.3, -0.25) is 9.89 Å². The van der Waals surface area contributed by atoms with Gasteiger partial charge in [0.15, 0.2) is 0 Å². The number of hydrogen-bond donors (Lipinski definition) is 1. The number of aromatic nitrogens is 2. The highest BCUT2D eigenvalue weighted by Crippen LogP contribution is 2.34. The Morgan fingerprint density at radius 3 is 2.38 bits per heavy atom. The first-order chi connectivity index (χ1) is 14.3. The van der Waals surface area contributed by atoms with Crippen molar-refractivity contribution < 1.29 is 4.79 Å². The summed E-state index contributed by atoms with van der Waals surface area (Å²) in [5, 5.41) is 7.28. The summed E-state index contributed by atoms with van der Waals surface area (Å²) in [6.45, 7) is 0. The fourth-order valence-electron chi connectivity index (χ4n) is 4.51. The summed E-state index contributed by atoms with van der Waals surface area (Å²) < 4.78 is 0. The highest BCUT2D eigenvalue weighted by molar-refractivity contribution is 5.95. The molecule has 1 fully saturated rings. The number of carbonyl (C=O) groups is 1. The summed E-state index contributed by atoms with van der Waals surface area (Å²) in [6, 6.07) is 19.5. The predicted octanol–water partition coefficient (Wildman–Crippen LogP) is 4.36. The Balaban J connectivity index is 1.27. The Morgan fingerprint density at radius 1 is 0.931 bits per heavy atom. The molecule has 29 heavy (non-hydrogen) atoms. The van der Waals surface area contributed by atoms with E-state index in [1.807, 2.05) is 18.3 Å². The number of benzene rings is 2.